The summed E-state index contributed by atoms with van der Waals surface area (Å²) < 4.78 is 17.0. The lowest BCUT2D eigenvalue weighted by atomic mass is 10.0. The fraction of sp³-hybridized carbons (Fsp3) is 0.817. The standard InChI is InChI=1S/C71H128O6/c1-4-7-10-13-16-19-22-25-27-29-30-31-32-33-34-35-36-37-38-39-40-42-43-46-49-52-55-58-61-64-70(73)76-67-68(66-75-69(72)63-60-57-54-51-48-45-24-21-18-15-12-9-6-3)77-71(74)65-62-59-56-53-50-47-44-41-28-26-23-20-17-14-11-8-5-2/h7,10,16,19,21,24-25,27,30-31,68H,4-6,8-9,11-15,17-18,20,22-23,26,28-29,32-67H2,1-3H3/b10-7-,19-16-,24-21-,27-25-,31-30-. The smallest absolute Gasteiger partial charge is 0.306 e. The van der Waals surface area contributed by atoms with Crippen LogP contribution in [0.5, 0.6) is 0 Å². The van der Waals surface area contributed by atoms with E-state index in [1.54, 1.807) is 0 Å². The van der Waals surface area contributed by atoms with Gasteiger partial charge in [0.2, 0.25) is 0 Å². The third-order valence-corrected chi connectivity index (χ3v) is 15.0. The number of unbranched alkanes of at least 4 members (excludes halogenated alkanes) is 41. The van der Waals surface area contributed by atoms with E-state index >= 15 is 0 Å². The molecule has 0 aromatic rings. The fourth-order valence-corrected chi connectivity index (χ4v) is 9.96. The topological polar surface area (TPSA) is 78.9 Å². The summed E-state index contributed by atoms with van der Waals surface area (Å²) in [5.74, 6) is -0.857. The zero-order valence-electron chi connectivity index (χ0n) is 51.5. The SMILES string of the molecule is CC/C=C\C/C=C\C/C=C\C/C=C\CCCCCCCCCCCCCCCCCCC(=O)OCC(COC(=O)CCCCCCC/C=C\CCCCCC)OC(=O)CCCCCCCCCCCCCCCCCCC. The summed E-state index contributed by atoms with van der Waals surface area (Å²) in [5.41, 5.74) is 0. The highest BCUT2D eigenvalue weighted by Gasteiger charge is 2.19. The van der Waals surface area contributed by atoms with Crippen molar-refractivity contribution in [2.45, 2.75) is 361 Å². The van der Waals surface area contributed by atoms with Crippen molar-refractivity contribution in [1.29, 1.82) is 0 Å². The van der Waals surface area contributed by atoms with Gasteiger partial charge in [0.05, 0.1) is 0 Å². The summed E-state index contributed by atoms with van der Waals surface area (Å²) in [6, 6.07) is 0. The minimum atomic E-state index is -0.774. The van der Waals surface area contributed by atoms with E-state index in [2.05, 4.69) is 81.5 Å². The molecular formula is C71H128O6. The summed E-state index contributed by atoms with van der Waals surface area (Å²) in [7, 11) is 0. The number of carbonyl (C=O) groups excluding carboxylic acids is 3. The van der Waals surface area contributed by atoms with Crippen LogP contribution in [-0.2, 0) is 28.6 Å². The Morgan fingerprint density at radius 3 is 0.818 bits per heavy atom. The molecule has 0 saturated heterocycles. The number of hydrogen-bond donors (Lipinski definition) is 0. The van der Waals surface area contributed by atoms with Crippen molar-refractivity contribution in [3.8, 4) is 0 Å². The minimum Gasteiger partial charge on any atom is -0.462 e. The lowest BCUT2D eigenvalue weighted by Crippen LogP contribution is -2.30. The maximum Gasteiger partial charge on any atom is 0.306 e. The maximum absolute atomic E-state index is 12.9. The summed E-state index contributed by atoms with van der Waals surface area (Å²) in [6.45, 7) is 6.56. The van der Waals surface area contributed by atoms with Crippen LogP contribution in [0, 0.1) is 0 Å². The number of ether oxygens (including phenoxy) is 3. The predicted molar refractivity (Wildman–Crippen MR) is 335 cm³/mol. The van der Waals surface area contributed by atoms with Gasteiger partial charge in [0.25, 0.3) is 0 Å². The Hall–Kier alpha value is -2.89. The molecular weight excluding hydrogens is 949 g/mol. The molecule has 0 saturated carbocycles. The first-order chi connectivity index (χ1) is 38.0. The quantitative estimate of drug-likeness (QED) is 0.0261. The first-order valence-corrected chi connectivity index (χ1v) is 33.8. The summed E-state index contributed by atoms with van der Waals surface area (Å²) in [6.07, 6.45) is 83.8. The van der Waals surface area contributed by atoms with Crippen LogP contribution in [0.15, 0.2) is 60.8 Å². The van der Waals surface area contributed by atoms with Crippen LogP contribution in [0.4, 0.5) is 0 Å². The van der Waals surface area contributed by atoms with Crippen molar-refractivity contribution in [3.63, 3.8) is 0 Å². The number of allylic oxidation sites excluding steroid dienone is 10. The number of rotatable bonds is 62. The van der Waals surface area contributed by atoms with Crippen molar-refractivity contribution in [3.05, 3.63) is 60.8 Å². The largest absolute Gasteiger partial charge is 0.462 e. The average molecular weight is 1080 g/mol. The predicted octanol–water partition coefficient (Wildman–Crippen LogP) is 23.1. The molecule has 0 N–H and O–H groups in total. The lowest BCUT2D eigenvalue weighted by Gasteiger charge is -2.18. The Kier molecular flexibility index (Phi) is 63.2. The van der Waals surface area contributed by atoms with Crippen molar-refractivity contribution < 1.29 is 28.6 Å². The van der Waals surface area contributed by atoms with Gasteiger partial charge < -0.3 is 14.2 Å². The van der Waals surface area contributed by atoms with Gasteiger partial charge in [0, 0.05) is 19.3 Å². The molecule has 0 aromatic carbocycles. The van der Waals surface area contributed by atoms with Crippen molar-refractivity contribution in [1.82, 2.24) is 0 Å². The van der Waals surface area contributed by atoms with Gasteiger partial charge in [-0.3, -0.25) is 14.4 Å². The van der Waals surface area contributed by atoms with E-state index in [0.717, 1.165) is 89.9 Å². The van der Waals surface area contributed by atoms with Crippen LogP contribution in [0.3, 0.4) is 0 Å². The molecule has 0 aliphatic carbocycles. The summed E-state index contributed by atoms with van der Waals surface area (Å²) >= 11 is 0. The van der Waals surface area contributed by atoms with Crippen LogP contribution >= 0.6 is 0 Å². The van der Waals surface area contributed by atoms with Crippen molar-refractivity contribution in [2.75, 3.05) is 13.2 Å². The van der Waals surface area contributed by atoms with Gasteiger partial charge in [-0.05, 0) is 83.5 Å². The minimum absolute atomic E-state index is 0.0716. The van der Waals surface area contributed by atoms with Gasteiger partial charge in [-0.2, -0.15) is 0 Å². The highest BCUT2D eigenvalue weighted by atomic mass is 16.6. The van der Waals surface area contributed by atoms with E-state index < -0.39 is 6.10 Å². The second-order valence-corrected chi connectivity index (χ2v) is 22.7. The Labute approximate surface area is 479 Å². The molecule has 1 unspecified atom stereocenters. The van der Waals surface area contributed by atoms with Gasteiger partial charge in [-0.15, -0.1) is 0 Å². The van der Waals surface area contributed by atoms with E-state index in [1.807, 2.05) is 0 Å². The van der Waals surface area contributed by atoms with Crippen LogP contribution in [-0.4, -0.2) is 37.2 Å². The van der Waals surface area contributed by atoms with E-state index in [1.165, 1.54) is 225 Å². The molecule has 0 radical (unpaired) electrons. The third-order valence-electron chi connectivity index (χ3n) is 15.0. The first-order valence-electron chi connectivity index (χ1n) is 33.8. The molecule has 448 valence electrons. The number of hydrogen-bond acceptors (Lipinski definition) is 6. The van der Waals surface area contributed by atoms with Gasteiger partial charge in [-0.1, -0.05) is 313 Å². The van der Waals surface area contributed by atoms with Gasteiger partial charge in [0.1, 0.15) is 13.2 Å². The molecule has 0 bridgehead atoms. The highest BCUT2D eigenvalue weighted by molar-refractivity contribution is 5.71. The van der Waals surface area contributed by atoms with E-state index in [-0.39, 0.29) is 31.1 Å². The molecule has 6 heteroatoms. The summed E-state index contributed by atoms with van der Waals surface area (Å²) in [4.78, 5) is 38.3. The molecule has 0 rings (SSSR count). The Bertz CT molecular complexity index is 1380. The van der Waals surface area contributed by atoms with Crippen LogP contribution < -0.4 is 0 Å². The molecule has 6 nitrogen and oxygen atoms in total. The average Bonchev–Trinajstić information content (AvgIpc) is 3.43. The van der Waals surface area contributed by atoms with Crippen molar-refractivity contribution >= 4 is 17.9 Å². The van der Waals surface area contributed by atoms with E-state index in [4.69, 9.17) is 14.2 Å². The van der Waals surface area contributed by atoms with Gasteiger partial charge >= 0.3 is 17.9 Å². The van der Waals surface area contributed by atoms with Crippen LogP contribution in [0.2, 0.25) is 0 Å². The van der Waals surface area contributed by atoms with E-state index in [0.29, 0.717) is 19.3 Å². The lowest BCUT2D eigenvalue weighted by molar-refractivity contribution is -0.167. The van der Waals surface area contributed by atoms with Crippen molar-refractivity contribution in [2.24, 2.45) is 0 Å². The van der Waals surface area contributed by atoms with Crippen LogP contribution in [0.1, 0.15) is 355 Å². The first kappa shape index (κ1) is 74.1. The molecule has 0 aliphatic heterocycles. The zero-order chi connectivity index (χ0) is 55.7. The molecule has 0 spiro atoms. The second-order valence-electron chi connectivity index (χ2n) is 22.7. The Morgan fingerprint density at radius 2 is 0.506 bits per heavy atom. The molecule has 0 heterocycles. The zero-order valence-corrected chi connectivity index (χ0v) is 51.5. The van der Waals surface area contributed by atoms with Crippen LogP contribution in [0.25, 0.3) is 0 Å². The molecule has 0 aromatic heterocycles. The second kappa shape index (κ2) is 65.6. The molecule has 0 aliphatic rings. The highest BCUT2D eigenvalue weighted by Crippen LogP contribution is 2.18. The Morgan fingerprint density at radius 1 is 0.273 bits per heavy atom. The Balaban J connectivity index is 4.20. The summed E-state index contributed by atoms with van der Waals surface area (Å²) in [5, 5.41) is 0. The number of esters is 3. The third kappa shape index (κ3) is 63.8. The molecule has 1 atom stereocenters. The molecule has 77 heavy (non-hydrogen) atoms. The van der Waals surface area contributed by atoms with Gasteiger partial charge in [-0.25, -0.2) is 0 Å². The molecule has 0 fully saturated rings. The van der Waals surface area contributed by atoms with Gasteiger partial charge in [0.15, 0.2) is 6.10 Å². The maximum atomic E-state index is 12.9. The van der Waals surface area contributed by atoms with E-state index in [9.17, 15) is 14.4 Å². The monoisotopic (exact) mass is 1080 g/mol. The fourth-order valence-electron chi connectivity index (χ4n) is 9.96. The number of carbonyl (C=O) groups is 3. The molecule has 0 amide bonds. The normalized spacial score (nSPS) is 12.4.